The van der Waals surface area contributed by atoms with Gasteiger partial charge in [-0.15, -0.1) is 0 Å². The van der Waals surface area contributed by atoms with Crippen LogP contribution in [0.15, 0.2) is 18.2 Å². The van der Waals surface area contributed by atoms with Gasteiger partial charge in [0.2, 0.25) is 0 Å². The second kappa shape index (κ2) is 5.29. The number of benzene rings is 2. The van der Waals surface area contributed by atoms with E-state index in [1.165, 1.54) is 16.7 Å². The zero-order chi connectivity index (χ0) is 18.5. The lowest BCUT2D eigenvalue weighted by Crippen LogP contribution is -2.12. The van der Waals surface area contributed by atoms with Crippen molar-refractivity contribution in [3.8, 4) is 11.1 Å². The Kier molecular flexibility index (Phi) is 3.39. The van der Waals surface area contributed by atoms with Crippen LogP contribution in [-0.4, -0.2) is 9.13 Å². The van der Waals surface area contributed by atoms with Crippen LogP contribution in [0.25, 0.3) is 16.7 Å². The highest BCUT2D eigenvalue weighted by atomic mass is 28.2. The average molecular weight is 359 g/mol. The molecule has 0 aromatic heterocycles. The third kappa shape index (κ3) is 1.98. The van der Waals surface area contributed by atoms with Crippen LogP contribution in [0, 0.1) is 17.7 Å². The summed E-state index contributed by atoms with van der Waals surface area (Å²) in [7, 11) is 0.420. The molecule has 2 aromatic rings. The summed E-state index contributed by atoms with van der Waals surface area (Å²) in [4.78, 5) is 1.77. The highest BCUT2D eigenvalue weighted by Crippen LogP contribution is 2.63. The maximum atomic E-state index is 2.50. The Balaban J connectivity index is 1.80. The summed E-state index contributed by atoms with van der Waals surface area (Å²) in [6, 6.07) is 7.43. The van der Waals surface area contributed by atoms with Gasteiger partial charge in [0.05, 0.1) is 0 Å². The topological polar surface area (TPSA) is 0 Å². The van der Waals surface area contributed by atoms with Gasteiger partial charge >= 0.3 is 0 Å². The van der Waals surface area contributed by atoms with E-state index in [9.17, 15) is 0 Å². The summed E-state index contributed by atoms with van der Waals surface area (Å²) < 4.78 is 0. The van der Waals surface area contributed by atoms with Gasteiger partial charge in [-0.2, -0.15) is 0 Å². The molecule has 2 atom stereocenters. The number of hydrogen-bond donors (Lipinski definition) is 0. The smallest absolute Gasteiger partial charge is 0.0326 e. The first-order valence-electron chi connectivity index (χ1n) is 10.4. The van der Waals surface area contributed by atoms with Gasteiger partial charge in [-0.05, 0) is 84.8 Å². The van der Waals surface area contributed by atoms with E-state index in [1.807, 2.05) is 5.57 Å². The SMILES string of the molecule is Cc1c2c3c(-c4cc(C(C)C)cc(C(C)C)c4)c4c1=[SiH]C(C(C)C)C=4C23. The van der Waals surface area contributed by atoms with Gasteiger partial charge in [0.15, 0.2) is 0 Å². The van der Waals surface area contributed by atoms with Gasteiger partial charge in [-0.3, -0.25) is 0 Å². The molecule has 6 bridgehead atoms. The summed E-state index contributed by atoms with van der Waals surface area (Å²) in [5.74, 6) is 2.68. The van der Waals surface area contributed by atoms with Gasteiger partial charge in [-0.1, -0.05) is 59.7 Å². The Morgan fingerprint density at radius 3 is 2.00 bits per heavy atom. The molecule has 0 spiro atoms. The van der Waals surface area contributed by atoms with Gasteiger partial charge in [-0.25, -0.2) is 0 Å². The summed E-state index contributed by atoms with van der Waals surface area (Å²) in [5, 5.41) is 1.71. The van der Waals surface area contributed by atoms with Crippen molar-refractivity contribution in [1.82, 2.24) is 0 Å². The first kappa shape index (κ1) is 16.7. The largest absolute Gasteiger partial charge is 0.0622 e. The molecule has 4 aliphatic rings. The van der Waals surface area contributed by atoms with Crippen LogP contribution in [0.5, 0.6) is 0 Å². The molecule has 0 saturated heterocycles. The molecule has 1 heterocycles. The minimum atomic E-state index is 0.420. The molecular formula is C25H30Si. The third-order valence-corrected chi connectivity index (χ3v) is 9.55. The molecule has 6 rings (SSSR count). The van der Waals surface area contributed by atoms with Crippen LogP contribution in [0.2, 0.25) is 5.54 Å². The fourth-order valence-corrected chi connectivity index (χ4v) is 7.62. The third-order valence-electron chi connectivity index (χ3n) is 7.00. The lowest BCUT2D eigenvalue weighted by Gasteiger charge is -2.17. The molecule has 0 amide bonds. The molecule has 0 radical (unpaired) electrons. The Morgan fingerprint density at radius 2 is 1.46 bits per heavy atom. The lowest BCUT2D eigenvalue weighted by atomic mass is 9.89. The van der Waals surface area contributed by atoms with Crippen LogP contribution in [-0.2, 0) is 0 Å². The maximum absolute atomic E-state index is 2.50. The van der Waals surface area contributed by atoms with Crippen LogP contribution >= 0.6 is 0 Å². The minimum absolute atomic E-state index is 0.420. The van der Waals surface area contributed by atoms with Crippen molar-refractivity contribution in [3.63, 3.8) is 0 Å². The molecule has 3 aliphatic carbocycles. The van der Waals surface area contributed by atoms with Gasteiger partial charge in [0, 0.05) is 15.0 Å². The second-order valence-corrected chi connectivity index (χ2v) is 11.3. The molecule has 0 nitrogen and oxygen atoms in total. The zero-order valence-corrected chi connectivity index (χ0v) is 18.4. The molecule has 0 saturated carbocycles. The van der Waals surface area contributed by atoms with E-state index in [2.05, 4.69) is 66.7 Å². The molecule has 26 heavy (non-hydrogen) atoms. The number of hydrogen-bond acceptors (Lipinski definition) is 0. The second-order valence-electron chi connectivity index (χ2n) is 9.64. The standard InChI is InChI=1S/C25H30Si/c1-11(2)15-8-16(12(3)4)10-17(9-15)19-20-18-14(7)25-22(19)23(21(18)20)24(26-25)13(5)6/h8-13,21,24,26H,1-7H3. The van der Waals surface area contributed by atoms with Gasteiger partial charge < -0.3 is 0 Å². The fourth-order valence-electron chi connectivity index (χ4n) is 5.45. The van der Waals surface area contributed by atoms with E-state index in [4.69, 9.17) is 0 Å². The Morgan fingerprint density at radius 1 is 0.846 bits per heavy atom. The van der Waals surface area contributed by atoms with Crippen molar-refractivity contribution in [1.29, 1.82) is 0 Å². The van der Waals surface area contributed by atoms with Crippen molar-refractivity contribution in [3.05, 3.63) is 56.0 Å². The van der Waals surface area contributed by atoms with E-state index in [0.29, 0.717) is 21.0 Å². The van der Waals surface area contributed by atoms with Crippen LogP contribution in [0.3, 0.4) is 0 Å². The van der Waals surface area contributed by atoms with E-state index in [1.54, 1.807) is 32.3 Å². The fraction of sp³-hybridized carbons (Fsp3) is 0.480. The van der Waals surface area contributed by atoms with E-state index < -0.39 is 0 Å². The summed E-state index contributed by atoms with van der Waals surface area (Å²) in [5.41, 5.74) is 13.9. The summed E-state index contributed by atoms with van der Waals surface area (Å²) in [6.07, 6.45) is 0. The molecule has 1 aliphatic heterocycles. The number of rotatable bonds is 4. The average Bonchev–Trinajstić information content (AvgIpc) is 3.08. The summed E-state index contributed by atoms with van der Waals surface area (Å²) >= 11 is 0. The molecular weight excluding hydrogens is 328 g/mol. The molecule has 0 fully saturated rings. The Labute approximate surface area is 159 Å². The molecule has 0 N–H and O–H groups in total. The van der Waals surface area contributed by atoms with Crippen molar-refractivity contribution in [2.75, 3.05) is 0 Å². The Bertz CT molecular complexity index is 1060. The van der Waals surface area contributed by atoms with Gasteiger partial charge in [0.25, 0.3) is 0 Å². The molecule has 134 valence electrons. The highest BCUT2D eigenvalue weighted by molar-refractivity contribution is 6.37. The first-order chi connectivity index (χ1) is 12.3. The normalized spacial score (nSPS) is 21.4. The molecule has 1 heteroatoms. The van der Waals surface area contributed by atoms with E-state index >= 15 is 0 Å². The van der Waals surface area contributed by atoms with Crippen molar-refractivity contribution in [2.24, 2.45) is 5.92 Å². The Hall–Kier alpha value is -1.47. The minimum Gasteiger partial charge on any atom is -0.0622 e. The quantitative estimate of drug-likeness (QED) is 0.618. The van der Waals surface area contributed by atoms with Crippen LogP contribution in [0.4, 0.5) is 0 Å². The van der Waals surface area contributed by atoms with Crippen LogP contribution in [0.1, 0.15) is 87.1 Å². The molecule has 2 unspecified atom stereocenters. The van der Waals surface area contributed by atoms with Gasteiger partial charge in [0.1, 0.15) is 0 Å². The van der Waals surface area contributed by atoms with E-state index in [0.717, 1.165) is 17.4 Å². The zero-order valence-electron chi connectivity index (χ0n) is 17.2. The summed E-state index contributed by atoms with van der Waals surface area (Å²) in [6.45, 7) is 16.6. The monoisotopic (exact) mass is 358 g/mol. The van der Waals surface area contributed by atoms with Crippen molar-refractivity contribution in [2.45, 2.75) is 71.8 Å². The molecule has 2 aromatic carbocycles. The van der Waals surface area contributed by atoms with Crippen LogP contribution < -0.4 is 5.22 Å². The van der Waals surface area contributed by atoms with Crippen molar-refractivity contribution >= 4 is 14.7 Å². The predicted molar refractivity (Wildman–Crippen MR) is 114 cm³/mol. The van der Waals surface area contributed by atoms with E-state index in [-0.39, 0.29) is 0 Å². The maximum Gasteiger partial charge on any atom is 0.0326 e. The predicted octanol–water partition coefficient (Wildman–Crippen LogP) is 5.66. The lowest BCUT2D eigenvalue weighted by molar-refractivity contribution is 0.664. The highest BCUT2D eigenvalue weighted by Gasteiger charge is 2.50. The van der Waals surface area contributed by atoms with Crippen molar-refractivity contribution < 1.29 is 0 Å². The first-order valence-corrected chi connectivity index (χ1v) is 11.6.